The molecule has 6 nitrogen and oxygen atoms in total. The van der Waals surface area contributed by atoms with Crippen LogP contribution in [0, 0.1) is 0 Å². The van der Waals surface area contributed by atoms with Crippen LogP contribution < -0.4 is 5.73 Å². The zero-order valence-corrected chi connectivity index (χ0v) is 12.3. The molecule has 2 N–H and O–H groups in total. The molecule has 0 aliphatic heterocycles. The van der Waals surface area contributed by atoms with Crippen LogP contribution in [0.4, 0.5) is 0 Å². The first-order valence-electron chi connectivity index (χ1n) is 7.03. The molecule has 2 amide bonds. The Hall–Kier alpha value is -2.99. The van der Waals surface area contributed by atoms with Gasteiger partial charge in [0, 0.05) is 18.5 Å². The molecule has 0 aliphatic rings. The second kappa shape index (κ2) is 7.86. The minimum absolute atomic E-state index is 0.0420. The summed E-state index contributed by atoms with van der Waals surface area (Å²) in [7, 11) is 0. The van der Waals surface area contributed by atoms with Gasteiger partial charge in [-0.2, -0.15) is 0 Å². The van der Waals surface area contributed by atoms with Crippen LogP contribution in [0.3, 0.4) is 0 Å². The Morgan fingerprint density at radius 3 is 1.91 bits per heavy atom. The fraction of sp³-hybridized carbons (Fsp3) is 0.118. The molecule has 0 saturated carbocycles. The van der Waals surface area contributed by atoms with Gasteiger partial charge in [-0.25, -0.2) is 4.79 Å². The largest absolute Gasteiger partial charge is 0.363 e. The molecule has 2 rings (SSSR count). The first-order chi connectivity index (χ1) is 11.1. The SMILES string of the molecule is NCCC(=O)N(OC(=O)c1ccccc1)C(=O)c1ccccc1. The molecule has 0 unspecified atom stereocenters. The third-order valence-electron chi connectivity index (χ3n) is 2.97. The van der Waals surface area contributed by atoms with E-state index < -0.39 is 17.8 Å². The van der Waals surface area contributed by atoms with Crippen LogP contribution in [0.15, 0.2) is 60.7 Å². The number of nitrogens with zero attached hydrogens (tertiary/aromatic N) is 1. The number of benzene rings is 2. The summed E-state index contributed by atoms with van der Waals surface area (Å²) in [4.78, 5) is 41.6. The molecule has 118 valence electrons. The molecule has 2 aromatic carbocycles. The number of hydroxylamine groups is 2. The van der Waals surface area contributed by atoms with Gasteiger partial charge in [0.2, 0.25) is 0 Å². The molecular weight excluding hydrogens is 296 g/mol. The van der Waals surface area contributed by atoms with E-state index in [1.165, 1.54) is 24.3 Å². The van der Waals surface area contributed by atoms with E-state index in [2.05, 4.69) is 0 Å². The Balaban J connectivity index is 2.23. The quantitative estimate of drug-likeness (QED) is 0.869. The van der Waals surface area contributed by atoms with Crippen LogP contribution in [0.1, 0.15) is 27.1 Å². The molecule has 6 heteroatoms. The van der Waals surface area contributed by atoms with E-state index in [4.69, 9.17) is 10.6 Å². The van der Waals surface area contributed by atoms with Crippen molar-refractivity contribution in [3.63, 3.8) is 0 Å². The third-order valence-corrected chi connectivity index (χ3v) is 2.97. The molecule has 0 aromatic heterocycles. The minimum atomic E-state index is -0.791. The molecule has 0 bridgehead atoms. The van der Waals surface area contributed by atoms with E-state index in [9.17, 15) is 14.4 Å². The van der Waals surface area contributed by atoms with Crippen LogP contribution in [-0.4, -0.2) is 29.4 Å². The number of amides is 2. The molecular formula is C17H16N2O4. The molecule has 0 aliphatic carbocycles. The summed E-state index contributed by atoms with van der Waals surface area (Å²) in [5.74, 6) is -2.18. The highest BCUT2D eigenvalue weighted by Gasteiger charge is 2.27. The zero-order valence-electron chi connectivity index (χ0n) is 12.3. The van der Waals surface area contributed by atoms with Gasteiger partial charge in [-0.15, -0.1) is 0 Å². The van der Waals surface area contributed by atoms with Crippen molar-refractivity contribution in [2.45, 2.75) is 6.42 Å². The molecule has 0 spiro atoms. The van der Waals surface area contributed by atoms with Crippen molar-refractivity contribution in [2.75, 3.05) is 6.54 Å². The first kappa shape index (κ1) is 16.4. The number of rotatable bonds is 4. The van der Waals surface area contributed by atoms with Gasteiger partial charge in [0.1, 0.15) is 0 Å². The van der Waals surface area contributed by atoms with Crippen LogP contribution in [0.5, 0.6) is 0 Å². The van der Waals surface area contributed by atoms with Crippen molar-refractivity contribution in [3.8, 4) is 0 Å². The summed E-state index contributed by atoms with van der Waals surface area (Å²) in [6.07, 6.45) is -0.110. The fourth-order valence-electron chi connectivity index (χ4n) is 1.84. The first-order valence-corrected chi connectivity index (χ1v) is 7.03. The summed E-state index contributed by atoms with van der Waals surface area (Å²) < 4.78 is 0. The summed E-state index contributed by atoms with van der Waals surface area (Å²) in [5.41, 5.74) is 5.82. The van der Waals surface area contributed by atoms with E-state index in [0.717, 1.165) is 0 Å². The van der Waals surface area contributed by atoms with E-state index in [1.807, 2.05) is 0 Å². The highest BCUT2D eigenvalue weighted by Crippen LogP contribution is 2.10. The highest BCUT2D eigenvalue weighted by atomic mass is 16.7. The summed E-state index contributed by atoms with van der Waals surface area (Å²) in [6.45, 7) is 0.0420. The summed E-state index contributed by atoms with van der Waals surface area (Å²) in [6, 6.07) is 16.2. The number of nitrogens with two attached hydrogens (primary N) is 1. The lowest BCUT2D eigenvalue weighted by molar-refractivity contribution is -0.155. The molecule has 2 aromatic rings. The van der Waals surface area contributed by atoms with Crippen LogP contribution in [-0.2, 0) is 9.63 Å². The van der Waals surface area contributed by atoms with Crippen molar-refractivity contribution >= 4 is 17.8 Å². The third kappa shape index (κ3) is 4.24. The minimum Gasteiger partial charge on any atom is -0.330 e. The lowest BCUT2D eigenvalue weighted by atomic mass is 10.2. The lowest BCUT2D eigenvalue weighted by Crippen LogP contribution is -2.39. The number of hydrogen-bond donors (Lipinski definition) is 1. The Bertz CT molecular complexity index is 686. The van der Waals surface area contributed by atoms with Gasteiger partial charge < -0.3 is 10.6 Å². The standard InChI is InChI=1S/C17H16N2O4/c18-12-11-15(20)19(16(21)13-7-3-1-4-8-13)23-17(22)14-9-5-2-6-10-14/h1-10H,11-12,18H2. The smallest absolute Gasteiger partial charge is 0.330 e. The second-order valence-electron chi connectivity index (χ2n) is 4.64. The van der Waals surface area contributed by atoms with Gasteiger partial charge >= 0.3 is 5.97 Å². The Kier molecular flexibility index (Phi) is 5.60. The van der Waals surface area contributed by atoms with Crippen molar-refractivity contribution < 1.29 is 19.2 Å². The molecule has 23 heavy (non-hydrogen) atoms. The summed E-state index contributed by atoms with van der Waals surface area (Å²) in [5, 5.41) is 0.470. The maximum absolute atomic E-state index is 12.4. The zero-order chi connectivity index (χ0) is 16.7. The predicted octanol–water partition coefficient (Wildman–Crippen LogP) is 1.78. The number of imide groups is 1. The van der Waals surface area contributed by atoms with E-state index in [0.29, 0.717) is 5.06 Å². The van der Waals surface area contributed by atoms with Crippen LogP contribution in [0.2, 0.25) is 0 Å². The van der Waals surface area contributed by atoms with Gasteiger partial charge in [-0.3, -0.25) is 9.59 Å². The van der Waals surface area contributed by atoms with Crippen molar-refractivity contribution in [3.05, 3.63) is 71.8 Å². The van der Waals surface area contributed by atoms with Crippen molar-refractivity contribution in [2.24, 2.45) is 5.73 Å². The average Bonchev–Trinajstić information content (AvgIpc) is 2.60. The maximum Gasteiger partial charge on any atom is 0.363 e. The lowest BCUT2D eigenvalue weighted by Gasteiger charge is -2.19. The molecule has 0 radical (unpaired) electrons. The van der Waals surface area contributed by atoms with E-state index in [1.54, 1.807) is 36.4 Å². The average molecular weight is 312 g/mol. The van der Waals surface area contributed by atoms with E-state index >= 15 is 0 Å². The van der Waals surface area contributed by atoms with Gasteiger partial charge in [-0.1, -0.05) is 41.5 Å². The number of carbonyl (C=O) groups is 3. The number of carbonyl (C=O) groups excluding carboxylic acids is 3. The van der Waals surface area contributed by atoms with Crippen LogP contribution >= 0.6 is 0 Å². The Morgan fingerprint density at radius 1 is 0.870 bits per heavy atom. The molecule has 0 atom stereocenters. The predicted molar refractivity (Wildman–Crippen MR) is 83.1 cm³/mol. The highest BCUT2D eigenvalue weighted by molar-refractivity contribution is 6.05. The van der Waals surface area contributed by atoms with E-state index in [-0.39, 0.29) is 24.1 Å². The van der Waals surface area contributed by atoms with Crippen LogP contribution in [0.25, 0.3) is 0 Å². The normalized spacial score (nSPS) is 9.96. The molecule has 0 heterocycles. The van der Waals surface area contributed by atoms with Crippen molar-refractivity contribution in [1.29, 1.82) is 0 Å². The number of hydrogen-bond acceptors (Lipinski definition) is 5. The molecule has 0 fully saturated rings. The van der Waals surface area contributed by atoms with Gasteiger partial charge in [0.25, 0.3) is 11.8 Å². The monoisotopic (exact) mass is 312 g/mol. The van der Waals surface area contributed by atoms with Gasteiger partial charge in [0.05, 0.1) is 5.56 Å². The van der Waals surface area contributed by atoms with Gasteiger partial charge in [0.15, 0.2) is 0 Å². The second-order valence-corrected chi connectivity index (χ2v) is 4.64. The molecule has 0 saturated heterocycles. The van der Waals surface area contributed by atoms with Gasteiger partial charge in [-0.05, 0) is 24.3 Å². The summed E-state index contributed by atoms with van der Waals surface area (Å²) >= 11 is 0. The maximum atomic E-state index is 12.4. The fourth-order valence-corrected chi connectivity index (χ4v) is 1.84. The van der Waals surface area contributed by atoms with Crippen molar-refractivity contribution in [1.82, 2.24) is 5.06 Å². The Labute approximate surface area is 133 Å². The topological polar surface area (TPSA) is 89.7 Å². The Morgan fingerprint density at radius 2 is 1.39 bits per heavy atom.